The number of aromatic nitrogens is 4. The van der Waals surface area contributed by atoms with Gasteiger partial charge in [0.25, 0.3) is 0 Å². The van der Waals surface area contributed by atoms with E-state index in [0.29, 0.717) is 58.2 Å². The molecule has 8 nitrogen and oxygen atoms in total. The summed E-state index contributed by atoms with van der Waals surface area (Å²) in [5.74, 6) is 2.01. The fourth-order valence-corrected chi connectivity index (χ4v) is 7.86. The van der Waals surface area contributed by atoms with Gasteiger partial charge in [-0.25, -0.2) is 14.8 Å². The Balaban J connectivity index is 1.60. The van der Waals surface area contributed by atoms with Gasteiger partial charge in [0.05, 0.1) is 17.6 Å². The molecule has 0 radical (unpaired) electrons. The molecule has 6 rings (SSSR count). The maximum atomic E-state index is 14.8. The van der Waals surface area contributed by atoms with Gasteiger partial charge in [-0.3, -0.25) is 4.57 Å². The first kappa shape index (κ1) is 27.4. The minimum Gasteiger partial charge on any atom is -0.457 e. The Hall–Kier alpha value is -2.77. The second kappa shape index (κ2) is 10.9. The summed E-state index contributed by atoms with van der Waals surface area (Å²) in [6, 6.07) is 3.21. The fourth-order valence-electron chi connectivity index (χ4n) is 5.74. The number of nitrogens with one attached hydrogen (secondary N) is 1. The maximum absolute atomic E-state index is 14.8. The van der Waals surface area contributed by atoms with Gasteiger partial charge in [-0.1, -0.05) is 6.08 Å². The van der Waals surface area contributed by atoms with Gasteiger partial charge in [-0.05, 0) is 43.7 Å². The van der Waals surface area contributed by atoms with E-state index in [0.717, 1.165) is 5.75 Å². The Kier molecular flexibility index (Phi) is 7.47. The highest BCUT2D eigenvalue weighted by Gasteiger charge is 2.39. The van der Waals surface area contributed by atoms with Gasteiger partial charge >= 0.3 is 17.9 Å². The zero-order valence-electron chi connectivity index (χ0n) is 22.1. The number of nitrogens with zero attached hydrogens (tertiary/aromatic N) is 5. The molecule has 0 bridgehead atoms. The number of benzene rings is 1. The summed E-state index contributed by atoms with van der Waals surface area (Å²) in [6.45, 7) is 5.21. The molecule has 0 saturated carbocycles. The summed E-state index contributed by atoms with van der Waals surface area (Å²) >= 11 is 2.99. The van der Waals surface area contributed by atoms with Gasteiger partial charge in [0.2, 0.25) is 0 Å². The number of anilines is 1. The highest BCUT2D eigenvalue weighted by atomic mass is 32.2. The van der Waals surface area contributed by atoms with Crippen molar-refractivity contribution >= 4 is 45.8 Å². The monoisotopic (exact) mass is 590 g/mol. The molecular weight excluding hydrogens is 561 g/mol. The van der Waals surface area contributed by atoms with Crippen LogP contribution in [0.1, 0.15) is 31.4 Å². The first-order valence-electron chi connectivity index (χ1n) is 13.2. The number of alkyl halides is 3. The normalized spacial score (nSPS) is 23.6. The summed E-state index contributed by atoms with van der Waals surface area (Å²) < 4.78 is 51.9. The summed E-state index contributed by atoms with van der Waals surface area (Å²) in [5.41, 5.74) is 0.140. The summed E-state index contributed by atoms with van der Waals surface area (Å²) in [5, 5.41) is 3.77. The van der Waals surface area contributed by atoms with Gasteiger partial charge in [-0.15, -0.1) is 11.8 Å². The lowest BCUT2D eigenvalue weighted by atomic mass is 9.94. The summed E-state index contributed by atoms with van der Waals surface area (Å²) in [4.78, 5) is 28.7. The Labute approximate surface area is 237 Å². The van der Waals surface area contributed by atoms with Gasteiger partial charge in [-0.2, -0.15) is 29.9 Å². The molecule has 1 aromatic carbocycles. The molecule has 13 heteroatoms. The maximum Gasteiger partial charge on any atom is 0.417 e. The zero-order chi connectivity index (χ0) is 28.0. The molecular formula is C27H29F3N6O2S2. The lowest BCUT2D eigenvalue weighted by molar-refractivity contribution is -0.137. The molecule has 0 spiro atoms. The van der Waals surface area contributed by atoms with E-state index in [1.54, 1.807) is 30.2 Å². The highest BCUT2D eigenvalue weighted by Crippen LogP contribution is 2.48. The SMILES string of the molecule is C[C@@H]1CN(c2nc(=O)n3c4c(c(C5=CCSCC5)c(C(F)(F)F)cc24)SC[C@@H](Oc2ncccn2)C3)C[C@H](C)N1. The lowest BCUT2D eigenvalue weighted by Crippen LogP contribution is -2.55. The standard InChI is InChI=1S/C27H29F3N6O2S2/c1-15-11-35(12-16(2)33-15)24-19-10-20(27(28,29)30)21(17-4-8-39-9-5-17)23-22(19)36(26(37)34-24)13-18(14-40-23)38-25-31-6-3-7-32-25/h3-4,6-7,10,15-16,18,33H,5,8-9,11-14H2,1-2H3/t15-,16+,18-/m0/s1. The van der Waals surface area contributed by atoms with Crippen LogP contribution < -0.4 is 20.6 Å². The van der Waals surface area contributed by atoms with Crippen molar-refractivity contribution in [3.8, 4) is 6.01 Å². The van der Waals surface area contributed by atoms with E-state index in [9.17, 15) is 18.0 Å². The van der Waals surface area contributed by atoms with Crippen molar-refractivity contribution in [3.05, 3.63) is 52.2 Å². The van der Waals surface area contributed by atoms with E-state index in [4.69, 9.17) is 4.74 Å². The number of halogens is 3. The summed E-state index contributed by atoms with van der Waals surface area (Å²) in [6.07, 6.45) is 0.387. The molecule has 0 aliphatic carbocycles. The predicted octanol–water partition coefficient (Wildman–Crippen LogP) is 4.47. The quantitative estimate of drug-likeness (QED) is 0.473. The minimum atomic E-state index is -4.59. The Bertz CT molecular complexity index is 1500. The summed E-state index contributed by atoms with van der Waals surface area (Å²) in [7, 11) is 0. The average Bonchev–Trinajstić information content (AvgIpc) is 3.11. The number of allylic oxidation sites excluding steroid dienone is 1. The first-order chi connectivity index (χ1) is 19.2. The third kappa shape index (κ3) is 5.30. The average molecular weight is 591 g/mol. The molecule has 40 heavy (non-hydrogen) atoms. The zero-order valence-corrected chi connectivity index (χ0v) is 23.7. The van der Waals surface area contributed by atoms with Crippen LogP contribution in [0.25, 0.3) is 16.5 Å². The molecule has 3 aliphatic rings. The number of hydrogen-bond donors (Lipinski definition) is 1. The molecule has 5 heterocycles. The van der Waals surface area contributed by atoms with E-state index in [1.807, 2.05) is 24.8 Å². The molecule has 3 atom stereocenters. The number of thioether (sulfide) groups is 2. The van der Waals surface area contributed by atoms with Crippen molar-refractivity contribution in [2.75, 3.05) is 35.2 Å². The second-order valence-electron chi connectivity index (χ2n) is 10.4. The molecule has 212 valence electrons. The van der Waals surface area contributed by atoms with E-state index in [2.05, 4.69) is 20.3 Å². The van der Waals surface area contributed by atoms with Gasteiger partial charge in [0.1, 0.15) is 11.9 Å². The molecule has 0 amide bonds. The second-order valence-corrected chi connectivity index (χ2v) is 12.5. The smallest absolute Gasteiger partial charge is 0.417 e. The molecule has 1 saturated heterocycles. The topological polar surface area (TPSA) is 85.2 Å². The van der Waals surface area contributed by atoms with Crippen LogP contribution in [0.3, 0.4) is 0 Å². The van der Waals surface area contributed by atoms with Crippen LogP contribution in [0.15, 0.2) is 40.3 Å². The fraction of sp³-hybridized carbons (Fsp3) is 0.481. The largest absolute Gasteiger partial charge is 0.457 e. The minimum absolute atomic E-state index is 0.0856. The first-order valence-corrected chi connectivity index (χ1v) is 15.4. The van der Waals surface area contributed by atoms with Crippen molar-refractivity contribution in [1.82, 2.24) is 24.8 Å². The molecule has 0 unspecified atom stereocenters. The molecule has 3 aliphatic heterocycles. The van der Waals surface area contributed by atoms with Gasteiger partial charge in [0.15, 0.2) is 0 Å². The molecule has 3 aromatic rings. The molecule has 1 N–H and O–H groups in total. The third-order valence-corrected chi connectivity index (χ3v) is 9.38. The Morgan fingerprint density at radius 3 is 2.55 bits per heavy atom. The van der Waals surface area contributed by atoms with Crippen molar-refractivity contribution in [2.45, 2.75) is 56.1 Å². The molecule has 2 aromatic heterocycles. The van der Waals surface area contributed by atoms with E-state index in [-0.39, 0.29) is 30.2 Å². The van der Waals surface area contributed by atoms with Crippen LogP contribution in [0.4, 0.5) is 19.0 Å². The van der Waals surface area contributed by atoms with Crippen LogP contribution in [0.2, 0.25) is 0 Å². The van der Waals surface area contributed by atoms with Crippen molar-refractivity contribution in [1.29, 1.82) is 0 Å². The van der Waals surface area contributed by atoms with Crippen LogP contribution >= 0.6 is 23.5 Å². The lowest BCUT2D eigenvalue weighted by Gasteiger charge is -2.37. The molecule has 1 fully saturated rings. The van der Waals surface area contributed by atoms with Crippen LogP contribution in [0.5, 0.6) is 6.01 Å². The number of ether oxygens (including phenoxy) is 1. The van der Waals surface area contributed by atoms with E-state index in [1.165, 1.54) is 22.4 Å². The van der Waals surface area contributed by atoms with Crippen LogP contribution in [-0.2, 0) is 12.7 Å². The van der Waals surface area contributed by atoms with Gasteiger partial charge < -0.3 is 15.0 Å². The highest BCUT2D eigenvalue weighted by molar-refractivity contribution is 7.99. The van der Waals surface area contributed by atoms with E-state index < -0.39 is 23.5 Å². The Morgan fingerprint density at radius 2 is 1.88 bits per heavy atom. The third-order valence-electron chi connectivity index (χ3n) is 7.26. The van der Waals surface area contributed by atoms with Crippen molar-refractivity contribution < 1.29 is 17.9 Å². The number of piperazine rings is 1. The number of hydrogen-bond acceptors (Lipinski definition) is 9. The van der Waals surface area contributed by atoms with Crippen LogP contribution in [-0.4, -0.2) is 68.1 Å². The number of rotatable bonds is 4. The van der Waals surface area contributed by atoms with Crippen molar-refractivity contribution in [3.63, 3.8) is 0 Å². The van der Waals surface area contributed by atoms with Gasteiger partial charge in [0, 0.05) is 64.9 Å². The predicted molar refractivity (Wildman–Crippen MR) is 152 cm³/mol. The van der Waals surface area contributed by atoms with E-state index >= 15 is 0 Å². The van der Waals surface area contributed by atoms with Crippen molar-refractivity contribution in [2.24, 2.45) is 0 Å². The van der Waals surface area contributed by atoms with Crippen LogP contribution in [0, 0.1) is 0 Å². The Morgan fingerprint density at radius 1 is 1.12 bits per heavy atom.